The Labute approximate surface area is 158 Å². The minimum absolute atomic E-state index is 0.0701. The van der Waals surface area contributed by atoms with Crippen LogP contribution in [-0.2, 0) is 11.3 Å². The third kappa shape index (κ3) is 3.58. The van der Waals surface area contributed by atoms with Gasteiger partial charge < -0.3 is 14.2 Å². The number of hydrogen-bond donors (Lipinski definition) is 0. The Morgan fingerprint density at radius 2 is 2.00 bits per heavy atom. The first-order valence-electron chi connectivity index (χ1n) is 8.41. The van der Waals surface area contributed by atoms with Crippen LogP contribution in [0.3, 0.4) is 0 Å². The van der Waals surface area contributed by atoms with Crippen molar-refractivity contribution in [3.05, 3.63) is 35.3 Å². The standard InChI is InChI=1S/C16H17N7O3S/c1-11-14(18-15(27-11)12-3-2-8-26-12)16(25)22-6-4-21(5-7-22)13(24)9-23-10-17-19-20-23/h2-3,8,10H,4-7,9H2,1H3. The number of nitrogens with zero attached hydrogens (tertiary/aromatic N) is 7. The number of furan rings is 1. The first-order valence-corrected chi connectivity index (χ1v) is 9.22. The molecule has 1 aliphatic rings. The zero-order chi connectivity index (χ0) is 18.8. The molecule has 1 saturated heterocycles. The van der Waals surface area contributed by atoms with Crippen LogP contribution in [0.25, 0.3) is 10.8 Å². The van der Waals surface area contributed by atoms with Crippen molar-refractivity contribution < 1.29 is 14.0 Å². The summed E-state index contributed by atoms with van der Waals surface area (Å²) in [5.41, 5.74) is 0.444. The summed E-state index contributed by atoms with van der Waals surface area (Å²) in [5.74, 6) is 0.466. The largest absolute Gasteiger partial charge is 0.462 e. The van der Waals surface area contributed by atoms with Crippen LogP contribution in [0.1, 0.15) is 15.4 Å². The van der Waals surface area contributed by atoms with Gasteiger partial charge in [0.1, 0.15) is 18.6 Å². The monoisotopic (exact) mass is 387 g/mol. The second-order valence-electron chi connectivity index (χ2n) is 6.08. The Morgan fingerprint density at radius 1 is 1.22 bits per heavy atom. The molecular weight excluding hydrogens is 370 g/mol. The molecule has 27 heavy (non-hydrogen) atoms. The number of hydrogen-bond acceptors (Lipinski definition) is 8. The molecule has 0 bridgehead atoms. The fourth-order valence-corrected chi connectivity index (χ4v) is 3.77. The van der Waals surface area contributed by atoms with Crippen LogP contribution >= 0.6 is 11.3 Å². The molecule has 2 amide bonds. The van der Waals surface area contributed by atoms with E-state index in [1.807, 2.05) is 13.0 Å². The molecule has 4 heterocycles. The number of carbonyl (C=O) groups excluding carboxylic acids is 2. The lowest BCUT2D eigenvalue weighted by molar-refractivity contribution is -0.133. The average Bonchev–Trinajstić information content (AvgIpc) is 3.43. The molecule has 0 saturated carbocycles. The lowest BCUT2D eigenvalue weighted by atomic mass is 10.2. The first-order chi connectivity index (χ1) is 13.1. The lowest BCUT2D eigenvalue weighted by Crippen LogP contribution is -2.51. The smallest absolute Gasteiger partial charge is 0.273 e. The molecule has 0 radical (unpaired) electrons. The Kier molecular flexibility index (Phi) is 4.67. The van der Waals surface area contributed by atoms with Gasteiger partial charge in [-0.2, -0.15) is 0 Å². The maximum Gasteiger partial charge on any atom is 0.273 e. The molecule has 4 rings (SSSR count). The molecule has 1 fully saturated rings. The number of amides is 2. The highest BCUT2D eigenvalue weighted by atomic mass is 32.1. The van der Waals surface area contributed by atoms with Crippen molar-refractivity contribution >= 4 is 23.2 Å². The van der Waals surface area contributed by atoms with E-state index >= 15 is 0 Å². The van der Waals surface area contributed by atoms with Gasteiger partial charge in [-0.3, -0.25) is 9.59 Å². The van der Waals surface area contributed by atoms with E-state index in [0.717, 1.165) is 4.88 Å². The molecule has 0 atom stereocenters. The van der Waals surface area contributed by atoms with Crippen LogP contribution in [-0.4, -0.2) is 73.0 Å². The van der Waals surface area contributed by atoms with E-state index in [4.69, 9.17) is 4.42 Å². The van der Waals surface area contributed by atoms with Gasteiger partial charge in [0, 0.05) is 31.1 Å². The van der Waals surface area contributed by atoms with Gasteiger partial charge in [0.15, 0.2) is 10.8 Å². The van der Waals surface area contributed by atoms with Crippen molar-refractivity contribution in [1.82, 2.24) is 35.0 Å². The van der Waals surface area contributed by atoms with Gasteiger partial charge in [0.05, 0.1) is 6.26 Å². The third-order valence-electron chi connectivity index (χ3n) is 4.34. The fourth-order valence-electron chi connectivity index (χ4n) is 2.90. The quantitative estimate of drug-likeness (QED) is 0.647. The van der Waals surface area contributed by atoms with Gasteiger partial charge in [0.25, 0.3) is 5.91 Å². The van der Waals surface area contributed by atoms with E-state index in [1.165, 1.54) is 22.3 Å². The van der Waals surface area contributed by atoms with Gasteiger partial charge in [-0.1, -0.05) is 0 Å². The molecule has 0 aliphatic carbocycles. The van der Waals surface area contributed by atoms with E-state index < -0.39 is 0 Å². The lowest BCUT2D eigenvalue weighted by Gasteiger charge is -2.34. The van der Waals surface area contributed by atoms with Gasteiger partial charge in [-0.05, 0) is 29.5 Å². The molecular formula is C16H17N7O3S. The molecule has 3 aromatic rings. The molecule has 3 aromatic heterocycles. The molecule has 0 N–H and O–H groups in total. The Morgan fingerprint density at radius 3 is 2.67 bits per heavy atom. The van der Waals surface area contributed by atoms with Crippen LogP contribution in [0.2, 0.25) is 0 Å². The minimum Gasteiger partial charge on any atom is -0.462 e. The minimum atomic E-state index is -0.117. The molecule has 11 heteroatoms. The summed E-state index contributed by atoms with van der Waals surface area (Å²) < 4.78 is 6.74. The van der Waals surface area contributed by atoms with Crippen LogP contribution in [0.15, 0.2) is 29.1 Å². The summed E-state index contributed by atoms with van der Waals surface area (Å²) >= 11 is 1.43. The summed E-state index contributed by atoms with van der Waals surface area (Å²) in [6, 6.07) is 3.61. The molecule has 0 unspecified atom stereocenters. The highest BCUT2D eigenvalue weighted by Crippen LogP contribution is 2.28. The Balaban J connectivity index is 1.38. The first kappa shape index (κ1) is 17.3. The number of aryl methyl sites for hydroxylation is 1. The van der Waals surface area contributed by atoms with Crippen LogP contribution in [0.5, 0.6) is 0 Å². The highest BCUT2D eigenvalue weighted by Gasteiger charge is 2.28. The van der Waals surface area contributed by atoms with Crippen molar-refractivity contribution in [3.8, 4) is 10.8 Å². The summed E-state index contributed by atoms with van der Waals surface area (Å²) in [6.45, 7) is 3.85. The number of thiazole rings is 1. The Hall–Kier alpha value is -3.08. The van der Waals surface area contributed by atoms with E-state index in [1.54, 1.807) is 22.1 Å². The molecule has 140 valence electrons. The second-order valence-corrected chi connectivity index (χ2v) is 7.28. The van der Waals surface area contributed by atoms with Gasteiger partial charge in [0.2, 0.25) is 5.91 Å². The zero-order valence-electron chi connectivity index (χ0n) is 14.6. The van der Waals surface area contributed by atoms with E-state index in [0.29, 0.717) is 42.6 Å². The van der Waals surface area contributed by atoms with Crippen molar-refractivity contribution in [1.29, 1.82) is 0 Å². The zero-order valence-corrected chi connectivity index (χ0v) is 15.4. The molecule has 10 nitrogen and oxygen atoms in total. The predicted octanol–water partition coefficient (Wildman–Crippen LogP) is 0.683. The maximum atomic E-state index is 12.8. The van der Waals surface area contributed by atoms with E-state index in [2.05, 4.69) is 20.5 Å². The van der Waals surface area contributed by atoms with Gasteiger partial charge in [-0.25, -0.2) is 9.67 Å². The van der Waals surface area contributed by atoms with E-state index in [9.17, 15) is 9.59 Å². The summed E-state index contributed by atoms with van der Waals surface area (Å²) in [7, 11) is 0. The van der Waals surface area contributed by atoms with Gasteiger partial charge in [-0.15, -0.1) is 16.4 Å². The summed E-state index contributed by atoms with van der Waals surface area (Å²) in [4.78, 5) is 33.9. The third-order valence-corrected chi connectivity index (χ3v) is 5.32. The van der Waals surface area contributed by atoms with Crippen molar-refractivity contribution in [2.45, 2.75) is 13.5 Å². The molecule has 0 aromatic carbocycles. The van der Waals surface area contributed by atoms with Crippen molar-refractivity contribution in [3.63, 3.8) is 0 Å². The normalized spacial score (nSPS) is 14.6. The fraction of sp³-hybridized carbons (Fsp3) is 0.375. The SMILES string of the molecule is Cc1sc(-c2ccco2)nc1C(=O)N1CCN(C(=O)Cn2cnnn2)CC1. The number of carbonyl (C=O) groups is 2. The maximum absolute atomic E-state index is 12.8. The van der Waals surface area contributed by atoms with E-state index in [-0.39, 0.29) is 18.4 Å². The number of aromatic nitrogens is 5. The van der Waals surface area contributed by atoms with Crippen molar-refractivity contribution in [2.24, 2.45) is 0 Å². The topological polar surface area (TPSA) is 110 Å². The van der Waals surface area contributed by atoms with Crippen LogP contribution in [0, 0.1) is 6.92 Å². The van der Waals surface area contributed by atoms with Crippen molar-refractivity contribution in [2.75, 3.05) is 26.2 Å². The number of tetrazole rings is 1. The number of piperazine rings is 1. The van der Waals surface area contributed by atoms with Gasteiger partial charge >= 0.3 is 0 Å². The predicted molar refractivity (Wildman–Crippen MR) is 94.9 cm³/mol. The highest BCUT2D eigenvalue weighted by molar-refractivity contribution is 7.15. The summed E-state index contributed by atoms with van der Waals surface area (Å²) in [6.07, 6.45) is 2.98. The van der Waals surface area contributed by atoms with Crippen LogP contribution < -0.4 is 0 Å². The Bertz CT molecular complexity index is 928. The summed E-state index contributed by atoms with van der Waals surface area (Å²) in [5, 5.41) is 11.4. The molecule has 0 spiro atoms. The second kappa shape index (κ2) is 7.27. The molecule has 1 aliphatic heterocycles. The van der Waals surface area contributed by atoms with Crippen LogP contribution in [0.4, 0.5) is 0 Å². The number of rotatable bonds is 4. The average molecular weight is 387 g/mol.